The van der Waals surface area contributed by atoms with Gasteiger partial charge in [-0.2, -0.15) is 0 Å². The molecule has 2 aliphatic heterocycles. The van der Waals surface area contributed by atoms with Gasteiger partial charge in [0.2, 0.25) is 0 Å². The minimum atomic E-state index is 0.737. The van der Waals surface area contributed by atoms with Crippen LogP contribution in [0.5, 0.6) is 0 Å². The number of aryl methyl sites for hydroxylation is 1. The van der Waals surface area contributed by atoms with Crippen LogP contribution in [0, 0.1) is 6.92 Å². The number of nitrogens with zero attached hydrogens (tertiary/aromatic N) is 2. The van der Waals surface area contributed by atoms with Crippen LogP contribution in [0.3, 0.4) is 0 Å². The van der Waals surface area contributed by atoms with Crippen LogP contribution in [0.4, 0.5) is 5.69 Å². The van der Waals surface area contributed by atoms with E-state index in [9.17, 15) is 0 Å². The normalized spacial score (nSPS) is 23.7. The molecule has 3 rings (SSSR count). The Balaban J connectivity index is 1.73. The number of rotatable bonds is 3. The van der Waals surface area contributed by atoms with Crippen LogP contribution in [0.25, 0.3) is 0 Å². The van der Waals surface area contributed by atoms with Gasteiger partial charge in [0.05, 0.1) is 0 Å². The molecule has 104 valence electrons. The lowest BCUT2D eigenvalue weighted by Gasteiger charge is -2.39. The first-order valence-corrected chi connectivity index (χ1v) is 7.56. The van der Waals surface area contributed by atoms with Crippen LogP contribution in [0.15, 0.2) is 18.2 Å². The number of hydrogen-bond donors (Lipinski definition) is 1. The van der Waals surface area contributed by atoms with Crippen LogP contribution in [-0.2, 0) is 6.42 Å². The quantitative estimate of drug-likeness (QED) is 0.898. The Bertz CT molecular complexity index is 444. The van der Waals surface area contributed by atoms with Crippen molar-refractivity contribution >= 4 is 5.69 Å². The Morgan fingerprint density at radius 2 is 2.16 bits per heavy atom. The monoisotopic (exact) mass is 259 g/mol. The highest BCUT2D eigenvalue weighted by Crippen LogP contribution is 2.26. The summed E-state index contributed by atoms with van der Waals surface area (Å²) in [5.74, 6) is 0. The zero-order valence-corrected chi connectivity index (χ0v) is 11.9. The first-order valence-electron chi connectivity index (χ1n) is 7.56. The highest BCUT2D eigenvalue weighted by molar-refractivity contribution is 5.51. The Morgan fingerprint density at radius 1 is 1.26 bits per heavy atom. The zero-order chi connectivity index (χ0) is 13.2. The summed E-state index contributed by atoms with van der Waals surface area (Å²) < 4.78 is 0. The molecule has 0 amide bonds. The molecular formula is C16H25N3. The Kier molecular flexibility index (Phi) is 3.76. The molecule has 1 unspecified atom stereocenters. The molecule has 0 aromatic heterocycles. The Labute approximate surface area is 116 Å². The molecule has 2 heterocycles. The van der Waals surface area contributed by atoms with E-state index in [1.165, 1.54) is 55.8 Å². The largest absolute Gasteiger partial charge is 0.369 e. The number of benzene rings is 1. The summed E-state index contributed by atoms with van der Waals surface area (Å²) in [6.45, 7) is 7.87. The zero-order valence-electron chi connectivity index (χ0n) is 11.9. The fourth-order valence-corrected chi connectivity index (χ4v) is 3.54. The van der Waals surface area contributed by atoms with E-state index in [-0.39, 0.29) is 0 Å². The smallest absolute Gasteiger partial charge is 0.0370 e. The van der Waals surface area contributed by atoms with Gasteiger partial charge in [0.25, 0.3) is 0 Å². The predicted molar refractivity (Wildman–Crippen MR) is 80.7 cm³/mol. The van der Waals surface area contributed by atoms with Gasteiger partial charge in [0.1, 0.15) is 0 Å². The van der Waals surface area contributed by atoms with Crippen molar-refractivity contribution in [2.75, 3.05) is 37.6 Å². The van der Waals surface area contributed by atoms with E-state index in [0.717, 1.165) is 19.0 Å². The SMILES string of the molecule is Cc1cc(N2CCN3CCCC3C2)ccc1CCN. The van der Waals surface area contributed by atoms with Crippen LogP contribution >= 0.6 is 0 Å². The minimum absolute atomic E-state index is 0.737. The summed E-state index contributed by atoms with van der Waals surface area (Å²) in [6.07, 6.45) is 3.75. The van der Waals surface area contributed by atoms with E-state index in [4.69, 9.17) is 5.73 Å². The topological polar surface area (TPSA) is 32.5 Å². The molecule has 1 atom stereocenters. The first kappa shape index (κ1) is 12.9. The summed E-state index contributed by atoms with van der Waals surface area (Å²) in [6, 6.07) is 7.68. The first-order chi connectivity index (χ1) is 9.28. The number of anilines is 1. The van der Waals surface area contributed by atoms with Crippen molar-refractivity contribution < 1.29 is 0 Å². The fourth-order valence-electron chi connectivity index (χ4n) is 3.54. The summed E-state index contributed by atoms with van der Waals surface area (Å²) in [5, 5.41) is 0. The summed E-state index contributed by atoms with van der Waals surface area (Å²) >= 11 is 0. The van der Waals surface area contributed by atoms with Gasteiger partial charge in [-0.05, 0) is 62.5 Å². The number of nitrogens with two attached hydrogens (primary N) is 1. The van der Waals surface area contributed by atoms with E-state index in [1.54, 1.807) is 0 Å². The van der Waals surface area contributed by atoms with Crippen molar-refractivity contribution in [3.63, 3.8) is 0 Å². The maximum atomic E-state index is 5.65. The Hall–Kier alpha value is -1.06. The second-order valence-electron chi connectivity index (χ2n) is 5.93. The molecule has 19 heavy (non-hydrogen) atoms. The molecule has 0 aliphatic carbocycles. The molecule has 0 spiro atoms. The van der Waals surface area contributed by atoms with E-state index >= 15 is 0 Å². The summed E-state index contributed by atoms with van der Waals surface area (Å²) in [5.41, 5.74) is 9.83. The number of hydrogen-bond acceptors (Lipinski definition) is 3. The van der Waals surface area contributed by atoms with Gasteiger partial charge in [-0.1, -0.05) is 6.07 Å². The predicted octanol–water partition coefficient (Wildman–Crippen LogP) is 1.78. The summed E-state index contributed by atoms with van der Waals surface area (Å²) in [4.78, 5) is 5.22. The van der Waals surface area contributed by atoms with Crippen molar-refractivity contribution in [3.8, 4) is 0 Å². The third-order valence-corrected chi connectivity index (χ3v) is 4.69. The standard InChI is InChI=1S/C16H25N3/c1-13-11-15(5-4-14(13)6-7-17)19-10-9-18-8-2-3-16(18)12-19/h4-5,11,16H,2-3,6-10,12,17H2,1H3. The van der Waals surface area contributed by atoms with Crippen LogP contribution < -0.4 is 10.6 Å². The van der Waals surface area contributed by atoms with Gasteiger partial charge >= 0.3 is 0 Å². The van der Waals surface area contributed by atoms with Crippen LogP contribution in [-0.4, -0.2) is 43.7 Å². The lowest BCUT2D eigenvalue weighted by Crippen LogP contribution is -2.50. The molecule has 1 aromatic rings. The summed E-state index contributed by atoms with van der Waals surface area (Å²) in [7, 11) is 0. The van der Waals surface area contributed by atoms with Crippen LogP contribution in [0.1, 0.15) is 24.0 Å². The maximum Gasteiger partial charge on any atom is 0.0370 e. The molecule has 3 nitrogen and oxygen atoms in total. The number of fused-ring (bicyclic) bond motifs is 1. The van der Waals surface area contributed by atoms with Crippen LogP contribution in [0.2, 0.25) is 0 Å². The molecule has 0 saturated carbocycles. The van der Waals surface area contributed by atoms with Crippen molar-refractivity contribution in [3.05, 3.63) is 29.3 Å². The third kappa shape index (κ3) is 2.63. The van der Waals surface area contributed by atoms with E-state index in [1.807, 2.05) is 0 Å². The fraction of sp³-hybridized carbons (Fsp3) is 0.625. The molecule has 0 radical (unpaired) electrons. The molecule has 3 heteroatoms. The van der Waals surface area contributed by atoms with Gasteiger partial charge in [0.15, 0.2) is 0 Å². The third-order valence-electron chi connectivity index (χ3n) is 4.69. The molecule has 2 aliphatic rings. The molecule has 1 aromatic carbocycles. The molecule has 2 N–H and O–H groups in total. The van der Waals surface area contributed by atoms with Crippen molar-refractivity contribution in [2.45, 2.75) is 32.2 Å². The Morgan fingerprint density at radius 3 is 2.95 bits per heavy atom. The van der Waals surface area contributed by atoms with Gasteiger partial charge in [-0.15, -0.1) is 0 Å². The number of piperazine rings is 1. The maximum absolute atomic E-state index is 5.65. The second-order valence-corrected chi connectivity index (χ2v) is 5.93. The lowest BCUT2D eigenvalue weighted by atomic mass is 10.0. The lowest BCUT2D eigenvalue weighted by molar-refractivity contribution is 0.231. The molecular weight excluding hydrogens is 234 g/mol. The average Bonchev–Trinajstić information content (AvgIpc) is 2.88. The molecule has 0 bridgehead atoms. The van der Waals surface area contributed by atoms with Gasteiger partial charge < -0.3 is 10.6 Å². The van der Waals surface area contributed by atoms with Crippen molar-refractivity contribution in [1.82, 2.24) is 4.90 Å². The van der Waals surface area contributed by atoms with Gasteiger partial charge in [0, 0.05) is 31.4 Å². The highest BCUT2D eigenvalue weighted by atomic mass is 15.3. The minimum Gasteiger partial charge on any atom is -0.369 e. The molecule has 2 saturated heterocycles. The van der Waals surface area contributed by atoms with Crippen molar-refractivity contribution in [1.29, 1.82) is 0 Å². The highest BCUT2D eigenvalue weighted by Gasteiger charge is 2.30. The van der Waals surface area contributed by atoms with E-state index < -0.39 is 0 Å². The van der Waals surface area contributed by atoms with Gasteiger partial charge in [-0.3, -0.25) is 4.90 Å². The second kappa shape index (κ2) is 5.51. The van der Waals surface area contributed by atoms with Crippen molar-refractivity contribution in [2.24, 2.45) is 5.73 Å². The molecule has 2 fully saturated rings. The average molecular weight is 259 g/mol. The van der Waals surface area contributed by atoms with Gasteiger partial charge in [-0.25, -0.2) is 0 Å². The van der Waals surface area contributed by atoms with E-state index in [2.05, 4.69) is 34.9 Å². The van der Waals surface area contributed by atoms with E-state index in [0.29, 0.717) is 0 Å².